The van der Waals surface area contributed by atoms with Crippen molar-refractivity contribution in [2.45, 2.75) is 18.8 Å². The molecule has 1 unspecified atom stereocenters. The Morgan fingerprint density at radius 2 is 1.95 bits per heavy atom. The minimum atomic E-state index is -0.923. The molecule has 0 aromatic heterocycles. The number of ether oxygens (including phenoxy) is 2. The van der Waals surface area contributed by atoms with Gasteiger partial charge in [-0.05, 0) is 11.6 Å². The number of aliphatic carboxylic acids is 1. The maximum absolute atomic E-state index is 12.0. The highest BCUT2D eigenvalue weighted by molar-refractivity contribution is 5.97. The third-order valence-corrected chi connectivity index (χ3v) is 3.55. The fourth-order valence-electron chi connectivity index (χ4n) is 2.49. The molecular formula is C14H17NO5. The average Bonchev–Trinajstić information content (AvgIpc) is 2.42. The largest absolute Gasteiger partial charge is 0.493 e. The summed E-state index contributed by atoms with van der Waals surface area (Å²) in [6.07, 6.45) is 0.105. The number of amides is 1. The van der Waals surface area contributed by atoms with Crippen LogP contribution in [0.4, 0.5) is 5.69 Å². The van der Waals surface area contributed by atoms with Gasteiger partial charge < -0.3 is 19.5 Å². The third kappa shape index (κ3) is 2.41. The predicted octanol–water partition coefficient (Wildman–Crippen LogP) is 1.63. The second-order valence-corrected chi connectivity index (χ2v) is 4.72. The number of nitrogens with zero attached hydrogens (tertiary/aromatic N) is 1. The van der Waals surface area contributed by atoms with Crippen LogP contribution in [0.1, 0.15) is 24.3 Å². The molecule has 6 nitrogen and oxygen atoms in total. The Labute approximate surface area is 116 Å². The average molecular weight is 279 g/mol. The Morgan fingerprint density at radius 3 is 2.50 bits per heavy atom. The number of hydrogen-bond donors (Lipinski definition) is 1. The van der Waals surface area contributed by atoms with Crippen LogP contribution in [0.15, 0.2) is 12.1 Å². The van der Waals surface area contributed by atoms with Crippen LogP contribution in [0, 0.1) is 0 Å². The molecule has 108 valence electrons. The number of carbonyl (C=O) groups is 2. The van der Waals surface area contributed by atoms with Gasteiger partial charge >= 0.3 is 5.97 Å². The number of carbonyl (C=O) groups excluding carboxylic acids is 1. The summed E-state index contributed by atoms with van der Waals surface area (Å²) in [5.41, 5.74) is 1.47. The highest BCUT2D eigenvalue weighted by Crippen LogP contribution is 2.43. The molecule has 6 heteroatoms. The number of carboxylic acids is 1. The van der Waals surface area contributed by atoms with Gasteiger partial charge in [-0.3, -0.25) is 9.59 Å². The van der Waals surface area contributed by atoms with E-state index in [1.54, 1.807) is 19.2 Å². The maximum Gasteiger partial charge on any atom is 0.303 e. The first-order valence-electron chi connectivity index (χ1n) is 6.22. The van der Waals surface area contributed by atoms with Crippen molar-refractivity contribution in [2.75, 3.05) is 26.2 Å². The predicted molar refractivity (Wildman–Crippen MR) is 72.6 cm³/mol. The lowest BCUT2D eigenvalue weighted by Crippen LogP contribution is -2.33. The van der Waals surface area contributed by atoms with Crippen molar-refractivity contribution >= 4 is 17.6 Å². The molecule has 0 fully saturated rings. The molecule has 1 atom stereocenters. The van der Waals surface area contributed by atoms with Gasteiger partial charge in [0.05, 0.1) is 26.3 Å². The van der Waals surface area contributed by atoms with Crippen molar-refractivity contribution in [1.82, 2.24) is 0 Å². The van der Waals surface area contributed by atoms with Gasteiger partial charge in [-0.15, -0.1) is 0 Å². The first-order chi connectivity index (χ1) is 9.47. The topological polar surface area (TPSA) is 76.1 Å². The number of methoxy groups -OCH3 is 2. The SMILES string of the molecule is COc1cc2c(cc1OC)N(C)C(=O)CC2CC(=O)O. The van der Waals surface area contributed by atoms with Gasteiger partial charge in [0.25, 0.3) is 0 Å². The highest BCUT2D eigenvalue weighted by Gasteiger charge is 2.32. The van der Waals surface area contributed by atoms with Crippen LogP contribution in [0.3, 0.4) is 0 Å². The van der Waals surface area contributed by atoms with E-state index in [4.69, 9.17) is 14.6 Å². The fourth-order valence-corrected chi connectivity index (χ4v) is 2.49. The summed E-state index contributed by atoms with van der Waals surface area (Å²) in [5, 5.41) is 8.99. The van der Waals surface area contributed by atoms with E-state index in [1.807, 2.05) is 0 Å². The standard InChI is InChI=1S/C14H17NO5/c1-15-10-7-12(20-3)11(19-2)6-9(10)8(4-13(15)16)5-14(17)18/h6-8H,4-5H2,1-3H3,(H,17,18). The quantitative estimate of drug-likeness (QED) is 0.906. The van der Waals surface area contributed by atoms with Crippen LogP contribution < -0.4 is 14.4 Å². The molecule has 1 aromatic rings. The summed E-state index contributed by atoms with van der Waals surface area (Å²) in [6.45, 7) is 0. The molecule has 1 amide bonds. The normalized spacial score (nSPS) is 17.6. The number of rotatable bonds is 4. The van der Waals surface area contributed by atoms with Crippen molar-refractivity contribution in [3.63, 3.8) is 0 Å². The molecule has 0 radical (unpaired) electrons. The Kier molecular flexibility index (Phi) is 3.83. The molecule has 1 aliphatic rings. The van der Waals surface area contributed by atoms with Gasteiger partial charge in [-0.25, -0.2) is 0 Å². The van der Waals surface area contributed by atoms with Gasteiger partial charge in [0.2, 0.25) is 5.91 Å². The zero-order valence-electron chi connectivity index (χ0n) is 11.7. The van der Waals surface area contributed by atoms with Gasteiger partial charge in [0.1, 0.15) is 0 Å². The molecule has 0 aliphatic carbocycles. The number of hydrogen-bond acceptors (Lipinski definition) is 4. The van der Waals surface area contributed by atoms with Crippen LogP contribution in [0.2, 0.25) is 0 Å². The lowest BCUT2D eigenvalue weighted by molar-refractivity contribution is -0.137. The minimum absolute atomic E-state index is 0.0813. The second-order valence-electron chi connectivity index (χ2n) is 4.72. The number of fused-ring (bicyclic) bond motifs is 1. The molecular weight excluding hydrogens is 262 g/mol. The van der Waals surface area contributed by atoms with E-state index in [-0.39, 0.29) is 24.7 Å². The summed E-state index contributed by atoms with van der Waals surface area (Å²) in [7, 11) is 4.71. The van der Waals surface area contributed by atoms with Crippen molar-refractivity contribution in [3.05, 3.63) is 17.7 Å². The lowest BCUT2D eigenvalue weighted by Gasteiger charge is -2.31. The summed E-state index contributed by atoms with van der Waals surface area (Å²) in [5.74, 6) is -0.318. The molecule has 1 aliphatic heterocycles. The van der Waals surface area contributed by atoms with E-state index < -0.39 is 5.97 Å². The summed E-state index contributed by atoms with van der Waals surface area (Å²) in [4.78, 5) is 24.4. The van der Waals surface area contributed by atoms with Gasteiger partial charge in [-0.2, -0.15) is 0 Å². The number of carboxylic acid groups (broad SMARTS) is 1. The van der Waals surface area contributed by atoms with E-state index in [2.05, 4.69) is 0 Å². The third-order valence-electron chi connectivity index (χ3n) is 3.55. The van der Waals surface area contributed by atoms with Crippen LogP contribution >= 0.6 is 0 Å². The van der Waals surface area contributed by atoms with Crippen LogP contribution in [-0.2, 0) is 9.59 Å². The summed E-state index contributed by atoms with van der Waals surface area (Å²) >= 11 is 0. The molecule has 1 N–H and O–H groups in total. The van der Waals surface area contributed by atoms with E-state index >= 15 is 0 Å². The van der Waals surface area contributed by atoms with Gasteiger partial charge in [0, 0.05) is 25.5 Å². The van der Waals surface area contributed by atoms with Crippen LogP contribution in [0.5, 0.6) is 11.5 Å². The Balaban J connectivity index is 2.54. The van der Waals surface area contributed by atoms with Crippen molar-refractivity contribution in [1.29, 1.82) is 0 Å². The molecule has 1 heterocycles. The Morgan fingerprint density at radius 1 is 1.35 bits per heavy atom. The monoisotopic (exact) mass is 279 g/mol. The van der Waals surface area contributed by atoms with Crippen molar-refractivity contribution in [3.8, 4) is 11.5 Å². The smallest absolute Gasteiger partial charge is 0.303 e. The van der Waals surface area contributed by atoms with Crippen LogP contribution in [0.25, 0.3) is 0 Å². The molecule has 20 heavy (non-hydrogen) atoms. The Bertz CT molecular complexity index is 555. The van der Waals surface area contributed by atoms with E-state index in [9.17, 15) is 9.59 Å². The summed E-state index contributed by atoms with van der Waals surface area (Å²) in [6, 6.07) is 3.46. The van der Waals surface area contributed by atoms with Gasteiger partial charge in [0.15, 0.2) is 11.5 Å². The number of benzene rings is 1. The zero-order valence-corrected chi connectivity index (χ0v) is 11.7. The molecule has 0 spiro atoms. The molecule has 2 rings (SSSR count). The fraction of sp³-hybridized carbons (Fsp3) is 0.429. The van der Waals surface area contributed by atoms with E-state index in [0.717, 1.165) is 5.56 Å². The number of anilines is 1. The van der Waals surface area contributed by atoms with E-state index in [0.29, 0.717) is 17.2 Å². The first-order valence-corrected chi connectivity index (χ1v) is 6.22. The second kappa shape index (κ2) is 5.40. The minimum Gasteiger partial charge on any atom is -0.493 e. The highest BCUT2D eigenvalue weighted by atomic mass is 16.5. The van der Waals surface area contributed by atoms with Gasteiger partial charge in [-0.1, -0.05) is 0 Å². The molecule has 0 saturated carbocycles. The van der Waals surface area contributed by atoms with Crippen LogP contribution in [-0.4, -0.2) is 38.3 Å². The molecule has 1 aromatic carbocycles. The zero-order chi connectivity index (χ0) is 14.9. The molecule has 0 bridgehead atoms. The Hall–Kier alpha value is -2.24. The molecule has 0 saturated heterocycles. The van der Waals surface area contributed by atoms with Crippen molar-refractivity contribution < 1.29 is 24.2 Å². The maximum atomic E-state index is 12.0. The summed E-state index contributed by atoms with van der Waals surface area (Å²) < 4.78 is 10.5. The first kappa shape index (κ1) is 14.2. The lowest BCUT2D eigenvalue weighted by atomic mass is 9.87. The van der Waals surface area contributed by atoms with E-state index in [1.165, 1.54) is 19.1 Å². The van der Waals surface area contributed by atoms with Crippen molar-refractivity contribution in [2.24, 2.45) is 0 Å².